The van der Waals surface area contributed by atoms with Gasteiger partial charge in [0, 0.05) is 34.0 Å². The first kappa shape index (κ1) is 32.5. The first-order valence-corrected chi connectivity index (χ1v) is 16.6. The lowest BCUT2D eigenvalue weighted by molar-refractivity contribution is 0.101. The molecule has 0 aliphatic rings. The first-order valence-electron chi connectivity index (χ1n) is 16.6. The highest BCUT2D eigenvalue weighted by molar-refractivity contribution is 6.02. The summed E-state index contributed by atoms with van der Waals surface area (Å²) in [6.45, 7) is 16.6. The number of benzene rings is 6. The Morgan fingerprint density at radius 3 is 1.75 bits per heavy atom. The lowest BCUT2D eigenvalue weighted by Crippen LogP contribution is -2.15. The number of Topliss-reactive ketones (excluding diaryl/α,β-unsaturated/α-hetero) is 1. The van der Waals surface area contributed by atoms with Crippen LogP contribution in [0.25, 0.3) is 11.1 Å². The average Bonchev–Trinajstić information content (AvgIpc) is 3.05. The first-order chi connectivity index (χ1) is 23.0. The van der Waals surface area contributed by atoms with E-state index in [2.05, 4.69) is 167 Å². The van der Waals surface area contributed by atoms with Crippen LogP contribution >= 0.6 is 0 Å². The van der Waals surface area contributed by atoms with Crippen LogP contribution in [-0.4, -0.2) is 5.78 Å². The Kier molecular flexibility index (Phi) is 9.06. The Morgan fingerprint density at radius 2 is 1.06 bits per heavy atom. The maximum atomic E-state index is 12.9. The molecule has 0 amide bonds. The molecule has 6 aromatic carbocycles. The van der Waals surface area contributed by atoms with Crippen LogP contribution in [0.1, 0.15) is 56.2 Å². The molecule has 0 unspecified atom stereocenters. The third kappa shape index (κ3) is 6.55. The van der Waals surface area contributed by atoms with Gasteiger partial charge < -0.3 is 9.80 Å². The topological polar surface area (TPSA) is 23.6 Å². The number of nitrogens with zero attached hydrogens (tertiary/aromatic N) is 2. The summed E-state index contributed by atoms with van der Waals surface area (Å²) in [5.41, 5.74) is 17.8. The van der Waals surface area contributed by atoms with Crippen LogP contribution in [-0.2, 0) is 0 Å². The predicted octanol–water partition coefficient (Wildman–Crippen LogP) is 12.7. The molecule has 0 saturated carbocycles. The number of carbonyl (C=O) groups excluding carboxylic acids is 1. The van der Waals surface area contributed by atoms with Crippen LogP contribution in [0.15, 0.2) is 121 Å². The molecule has 48 heavy (non-hydrogen) atoms. The summed E-state index contributed by atoms with van der Waals surface area (Å²) in [5, 5.41) is 0. The van der Waals surface area contributed by atoms with Crippen molar-refractivity contribution in [1.82, 2.24) is 0 Å². The van der Waals surface area contributed by atoms with Crippen molar-refractivity contribution in [2.75, 3.05) is 9.80 Å². The van der Waals surface area contributed by atoms with Crippen molar-refractivity contribution in [3.63, 3.8) is 0 Å². The number of hydrogen-bond acceptors (Lipinski definition) is 3. The van der Waals surface area contributed by atoms with Gasteiger partial charge in [0.1, 0.15) is 0 Å². The molecular weight excluding hydrogens is 585 g/mol. The van der Waals surface area contributed by atoms with E-state index in [9.17, 15) is 4.79 Å². The van der Waals surface area contributed by atoms with Gasteiger partial charge in [-0.2, -0.15) is 0 Å². The van der Waals surface area contributed by atoms with E-state index < -0.39 is 0 Å². The average molecular weight is 629 g/mol. The van der Waals surface area contributed by atoms with Gasteiger partial charge in [-0.15, -0.1) is 0 Å². The zero-order chi connectivity index (χ0) is 34.1. The van der Waals surface area contributed by atoms with E-state index in [1.807, 2.05) is 13.0 Å². The van der Waals surface area contributed by atoms with Gasteiger partial charge in [0.2, 0.25) is 0 Å². The van der Waals surface area contributed by atoms with E-state index in [0.717, 1.165) is 45.1 Å². The zero-order valence-corrected chi connectivity index (χ0v) is 29.3. The molecule has 0 bridgehead atoms. The number of aryl methyl sites for hydroxylation is 7. The minimum absolute atomic E-state index is 0.0527. The molecule has 0 heterocycles. The molecule has 240 valence electrons. The zero-order valence-electron chi connectivity index (χ0n) is 29.3. The number of rotatable bonds is 8. The second-order valence-corrected chi connectivity index (χ2v) is 13.2. The summed E-state index contributed by atoms with van der Waals surface area (Å²) in [4.78, 5) is 17.5. The van der Waals surface area contributed by atoms with Crippen molar-refractivity contribution < 1.29 is 4.79 Å². The molecule has 0 aromatic heterocycles. The molecule has 0 radical (unpaired) electrons. The van der Waals surface area contributed by atoms with Gasteiger partial charge in [-0.05, 0) is 161 Å². The molecule has 3 heteroatoms. The van der Waals surface area contributed by atoms with Crippen molar-refractivity contribution >= 4 is 39.9 Å². The van der Waals surface area contributed by atoms with Gasteiger partial charge in [-0.3, -0.25) is 4.79 Å². The summed E-state index contributed by atoms with van der Waals surface area (Å²) in [7, 11) is 0. The van der Waals surface area contributed by atoms with Crippen LogP contribution in [0, 0.1) is 48.5 Å². The molecule has 0 N–H and O–H groups in total. The fourth-order valence-corrected chi connectivity index (χ4v) is 6.57. The highest BCUT2D eigenvalue weighted by Gasteiger charge is 2.21. The fraction of sp³-hybridized carbons (Fsp3) is 0.178. The Balaban J connectivity index is 1.44. The minimum atomic E-state index is 0.0527. The molecular formula is C45H44N2O. The quantitative estimate of drug-likeness (QED) is 0.157. The van der Waals surface area contributed by atoms with Gasteiger partial charge in [-0.25, -0.2) is 0 Å². The summed E-state index contributed by atoms with van der Waals surface area (Å²) >= 11 is 0. The van der Waals surface area contributed by atoms with E-state index in [1.165, 1.54) is 39.1 Å². The van der Waals surface area contributed by atoms with Crippen LogP contribution in [0.2, 0.25) is 0 Å². The number of anilines is 6. The van der Waals surface area contributed by atoms with E-state index in [4.69, 9.17) is 0 Å². The van der Waals surface area contributed by atoms with E-state index >= 15 is 0 Å². The minimum Gasteiger partial charge on any atom is -0.310 e. The Morgan fingerprint density at radius 1 is 0.438 bits per heavy atom. The standard InChI is InChI=1S/C45H44N2O/c1-29-13-18-38(19-14-29)46(45-26-32(4)12-16-33(45)5)40-20-21-41(34(6)28-40)37-17-23-43(35(7)27-37)47(39-11-9-10-30(2)24-39)44-22-15-31(3)25-42(44)36(8)48/h9-28H,1-8H3. The molecule has 0 spiro atoms. The summed E-state index contributed by atoms with van der Waals surface area (Å²) in [6.07, 6.45) is 0. The van der Waals surface area contributed by atoms with Crippen molar-refractivity contribution in [2.45, 2.75) is 55.4 Å². The smallest absolute Gasteiger partial charge is 0.161 e. The fourth-order valence-electron chi connectivity index (χ4n) is 6.57. The van der Waals surface area contributed by atoms with Crippen molar-refractivity contribution in [3.05, 3.63) is 166 Å². The Labute approximate surface area is 286 Å². The lowest BCUT2D eigenvalue weighted by Gasteiger charge is -2.30. The number of ketones is 1. The molecule has 6 aromatic rings. The second-order valence-electron chi connectivity index (χ2n) is 13.2. The Bertz CT molecular complexity index is 2140. The van der Waals surface area contributed by atoms with Gasteiger partial charge in [0.25, 0.3) is 0 Å². The van der Waals surface area contributed by atoms with Crippen LogP contribution in [0.4, 0.5) is 34.1 Å². The number of carbonyl (C=O) groups is 1. The van der Waals surface area contributed by atoms with Crippen molar-refractivity contribution in [3.8, 4) is 11.1 Å². The van der Waals surface area contributed by atoms with Gasteiger partial charge in [0.05, 0.1) is 5.69 Å². The normalized spacial score (nSPS) is 11.0. The highest BCUT2D eigenvalue weighted by Crippen LogP contribution is 2.42. The summed E-state index contributed by atoms with van der Waals surface area (Å²) < 4.78 is 0. The van der Waals surface area contributed by atoms with Gasteiger partial charge in [0.15, 0.2) is 5.78 Å². The molecule has 0 atom stereocenters. The van der Waals surface area contributed by atoms with E-state index in [-0.39, 0.29) is 5.78 Å². The monoisotopic (exact) mass is 628 g/mol. The second kappa shape index (κ2) is 13.4. The van der Waals surface area contributed by atoms with Gasteiger partial charge >= 0.3 is 0 Å². The van der Waals surface area contributed by atoms with E-state index in [1.54, 1.807) is 6.92 Å². The summed E-state index contributed by atoms with van der Waals surface area (Å²) in [5.74, 6) is 0.0527. The highest BCUT2D eigenvalue weighted by atomic mass is 16.1. The Hall–Kier alpha value is -5.41. The molecule has 0 fully saturated rings. The number of hydrogen-bond donors (Lipinski definition) is 0. The van der Waals surface area contributed by atoms with Gasteiger partial charge in [-0.1, -0.05) is 65.7 Å². The predicted molar refractivity (Wildman–Crippen MR) is 204 cm³/mol. The summed E-state index contributed by atoms with van der Waals surface area (Å²) in [6, 6.07) is 43.5. The van der Waals surface area contributed by atoms with Crippen molar-refractivity contribution in [1.29, 1.82) is 0 Å². The maximum absolute atomic E-state index is 12.9. The molecule has 0 aliphatic heterocycles. The maximum Gasteiger partial charge on any atom is 0.161 e. The van der Waals surface area contributed by atoms with Crippen LogP contribution < -0.4 is 9.80 Å². The van der Waals surface area contributed by atoms with Crippen LogP contribution in [0.3, 0.4) is 0 Å². The van der Waals surface area contributed by atoms with Crippen LogP contribution in [0.5, 0.6) is 0 Å². The molecule has 6 rings (SSSR count). The third-order valence-electron chi connectivity index (χ3n) is 9.15. The SMILES string of the molecule is CC(=O)c1cc(C)ccc1N(c1cccc(C)c1)c1ccc(-c2ccc(N(c3ccc(C)cc3)c3cc(C)ccc3C)cc2C)cc1C. The largest absolute Gasteiger partial charge is 0.310 e. The van der Waals surface area contributed by atoms with E-state index in [0.29, 0.717) is 5.56 Å². The molecule has 0 aliphatic carbocycles. The van der Waals surface area contributed by atoms with Crippen molar-refractivity contribution in [2.24, 2.45) is 0 Å². The molecule has 3 nitrogen and oxygen atoms in total. The lowest BCUT2D eigenvalue weighted by atomic mass is 9.96. The molecule has 0 saturated heterocycles. The third-order valence-corrected chi connectivity index (χ3v) is 9.15.